The van der Waals surface area contributed by atoms with Gasteiger partial charge in [0.05, 0.1) is 11.4 Å². The van der Waals surface area contributed by atoms with E-state index in [1.807, 2.05) is 30.4 Å². The van der Waals surface area contributed by atoms with Crippen LogP contribution in [0.5, 0.6) is 0 Å². The lowest BCUT2D eigenvalue weighted by Gasteiger charge is -2.33. The van der Waals surface area contributed by atoms with Crippen molar-refractivity contribution in [3.63, 3.8) is 0 Å². The lowest BCUT2D eigenvalue weighted by molar-refractivity contribution is 0.0728. The Bertz CT molecular complexity index is 1110. The van der Waals surface area contributed by atoms with Gasteiger partial charge in [-0.2, -0.15) is 4.31 Å². The summed E-state index contributed by atoms with van der Waals surface area (Å²) in [6.45, 7) is 11.0. The number of likely N-dealkylation sites (tertiary alicyclic amines) is 1. The third-order valence-electron chi connectivity index (χ3n) is 6.83. The van der Waals surface area contributed by atoms with Crippen LogP contribution in [-0.4, -0.2) is 83.8 Å². The van der Waals surface area contributed by atoms with Crippen LogP contribution in [0.2, 0.25) is 0 Å². The normalized spacial score (nSPS) is 18.7. The number of nitrogens with zero attached hydrogens (tertiary/aromatic N) is 5. The lowest BCUT2D eigenvalue weighted by Crippen LogP contribution is -2.48. The number of piperidine rings is 1. The maximum Gasteiger partial charge on any atom is 0.265 e. The van der Waals surface area contributed by atoms with Crippen LogP contribution < -0.4 is 0 Å². The molecule has 2 aromatic heterocycles. The molecule has 2 aromatic rings. The van der Waals surface area contributed by atoms with E-state index in [0.717, 1.165) is 57.7 Å². The zero-order valence-corrected chi connectivity index (χ0v) is 21.8. The fourth-order valence-corrected chi connectivity index (χ4v) is 7.51. The van der Waals surface area contributed by atoms with Crippen molar-refractivity contribution >= 4 is 27.3 Å². The molecule has 2 saturated heterocycles. The highest BCUT2D eigenvalue weighted by molar-refractivity contribution is 7.89. The van der Waals surface area contributed by atoms with E-state index in [1.165, 1.54) is 17.8 Å². The minimum atomic E-state index is -3.59. The number of aromatic nitrogens is 2. The smallest absolute Gasteiger partial charge is 0.265 e. The van der Waals surface area contributed by atoms with E-state index in [2.05, 4.69) is 16.8 Å². The van der Waals surface area contributed by atoms with E-state index in [4.69, 9.17) is 0 Å². The SMILES string of the molecule is CCCN1CCN(S(=O)(=O)c2cc(-c3nc(C)c(C(=O)N4CCCCC4)s3)n(C)c2C)CC1. The first-order valence-electron chi connectivity index (χ1n) is 11.9. The van der Waals surface area contributed by atoms with Crippen LogP contribution in [0.4, 0.5) is 0 Å². The summed E-state index contributed by atoms with van der Waals surface area (Å²) in [7, 11) is -1.72. The second-order valence-corrected chi connectivity index (χ2v) is 12.0. The summed E-state index contributed by atoms with van der Waals surface area (Å²) in [6, 6.07) is 1.73. The van der Waals surface area contributed by atoms with E-state index in [9.17, 15) is 13.2 Å². The molecule has 2 aliphatic heterocycles. The summed E-state index contributed by atoms with van der Waals surface area (Å²) >= 11 is 1.36. The molecule has 10 heteroatoms. The van der Waals surface area contributed by atoms with Gasteiger partial charge in [0.25, 0.3) is 5.91 Å². The molecule has 0 saturated carbocycles. The van der Waals surface area contributed by atoms with Crippen molar-refractivity contribution in [1.82, 2.24) is 23.7 Å². The quantitative estimate of drug-likeness (QED) is 0.618. The highest BCUT2D eigenvalue weighted by Gasteiger charge is 2.32. The Morgan fingerprint density at radius 3 is 2.36 bits per heavy atom. The van der Waals surface area contributed by atoms with Gasteiger partial charge in [-0.15, -0.1) is 11.3 Å². The van der Waals surface area contributed by atoms with Crippen LogP contribution in [-0.2, 0) is 17.1 Å². The molecule has 0 radical (unpaired) electrons. The molecule has 8 nitrogen and oxygen atoms in total. The van der Waals surface area contributed by atoms with Crippen LogP contribution in [0.15, 0.2) is 11.0 Å². The number of aryl methyl sites for hydroxylation is 1. The molecule has 4 heterocycles. The zero-order valence-electron chi connectivity index (χ0n) is 20.1. The predicted octanol–water partition coefficient (Wildman–Crippen LogP) is 3.11. The predicted molar refractivity (Wildman–Crippen MR) is 131 cm³/mol. The summed E-state index contributed by atoms with van der Waals surface area (Å²) < 4.78 is 30.4. The van der Waals surface area contributed by atoms with Crippen LogP contribution >= 0.6 is 11.3 Å². The summed E-state index contributed by atoms with van der Waals surface area (Å²) in [5, 5.41) is 0.688. The Hall–Kier alpha value is -1.75. The van der Waals surface area contributed by atoms with Gasteiger partial charge in [0, 0.05) is 52.0 Å². The van der Waals surface area contributed by atoms with Crippen molar-refractivity contribution in [2.45, 2.75) is 51.3 Å². The molecule has 1 amide bonds. The van der Waals surface area contributed by atoms with Crippen molar-refractivity contribution in [1.29, 1.82) is 0 Å². The number of thiazole rings is 1. The third-order valence-corrected chi connectivity index (χ3v) is 10.0. The standard InChI is InChI=1S/C23H35N5O3S2/c1-5-9-26-12-14-28(15-13-26)33(30,31)20-16-19(25(4)18(20)3)22-24-17(2)21(32-22)23(29)27-10-7-6-8-11-27/h16H,5-15H2,1-4H3. The molecule has 4 rings (SSSR count). The van der Waals surface area contributed by atoms with E-state index < -0.39 is 10.0 Å². The van der Waals surface area contributed by atoms with E-state index in [-0.39, 0.29) is 5.91 Å². The number of carbonyl (C=O) groups is 1. The number of amides is 1. The molecule has 0 aliphatic carbocycles. The van der Waals surface area contributed by atoms with Crippen LogP contribution in [0.3, 0.4) is 0 Å². The molecule has 2 fully saturated rings. The van der Waals surface area contributed by atoms with Crippen LogP contribution in [0.25, 0.3) is 10.7 Å². The van der Waals surface area contributed by atoms with Crippen molar-refractivity contribution < 1.29 is 13.2 Å². The maximum absolute atomic E-state index is 13.5. The van der Waals surface area contributed by atoms with E-state index in [0.29, 0.717) is 39.3 Å². The van der Waals surface area contributed by atoms with Gasteiger partial charge in [0.15, 0.2) is 0 Å². The first kappa shape index (κ1) is 24.4. The highest BCUT2D eigenvalue weighted by atomic mass is 32.2. The Morgan fingerprint density at radius 1 is 1.06 bits per heavy atom. The molecule has 33 heavy (non-hydrogen) atoms. The van der Waals surface area contributed by atoms with Gasteiger partial charge < -0.3 is 14.4 Å². The topological polar surface area (TPSA) is 78.8 Å². The fourth-order valence-electron chi connectivity index (χ4n) is 4.73. The number of piperazine rings is 1. The number of hydrogen-bond acceptors (Lipinski definition) is 6. The highest BCUT2D eigenvalue weighted by Crippen LogP contribution is 2.34. The van der Waals surface area contributed by atoms with Crippen molar-refractivity contribution in [2.75, 3.05) is 45.8 Å². The van der Waals surface area contributed by atoms with E-state index in [1.54, 1.807) is 10.4 Å². The molecule has 0 aromatic carbocycles. The average molecular weight is 494 g/mol. The second-order valence-electron chi connectivity index (χ2n) is 9.07. The van der Waals surface area contributed by atoms with Gasteiger partial charge in [0.2, 0.25) is 10.0 Å². The number of sulfonamides is 1. The Balaban J connectivity index is 1.59. The van der Waals surface area contributed by atoms with Crippen molar-refractivity contribution in [2.24, 2.45) is 7.05 Å². The fraction of sp³-hybridized carbons (Fsp3) is 0.652. The number of rotatable bonds is 6. The minimum Gasteiger partial charge on any atom is -0.345 e. The van der Waals surface area contributed by atoms with Crippen molar-refractivity contribution in [3.8, 4) is 10.7 Å². The molecule has 182 valence electrons. The largest absolute Gasteiger partial charge is 0.345 e. The van der Waals surface area contributed by atoms with Crippen LogP contribution in [0, 0.1) is 13.8 Å². The second kappa shape index (κ2) is 9.85. The molecular formula is C23H35N5O3S2. The summed E-state index contributed by atoms with van der Waals surface area (Å²) in [5.74, 6) is 0.0414. The van der Waals surface area contributed by atoms with Gasteiger partial charge in [-0.05, 0) is 52.1 Å². The molecular weight excluding hydrogens is 458 g/mol. The monoisotopic (exact) mass is 493 g/mol. The average Bonchev–Trinajstić information content (AvgIpc) is 3.34. The Labute approximate surface area is 201 Å². The van der Waals surface area contributed by atoms with E-state index >= 15 is 0 Å². The molecule has 0 N–H and O–H groups in total. The van der Waals surface area contributed by atoms with Gasteiger partial charge >= 0.3 is 0 Å². The summed E-state index contributed by atoms with van der Waals surface area (Å²) in [6.07, 6.45) is 4.33. The number of hydrogen-bond donors (Lipinski definition) is 0. The lowest BCUT2D eigenvalue weighted by atomic mass is 10.1. The first-order chi connectivity index (χ1) is 15.7. The summed E-state index contributed by atoms with van der Waals surface area (Å²) in [4.78, 5) is 22.9. The third kappa shape index (κ3) is 4.76. The first-order valence-corrected chi connectivity index (χ1v) is 14.2. The number of carbonyl (C=O) groups excluding carboxylic acids is 1. The Morgan fingerprint density at radius 2 is 1.73 bits per heavy atom. The molecule has 0 spiro atoms. The van der Waals surface area contributed by atoms with Gasteiger partial charge in [-0.25, -0.2) is 13.4 Å². The summed E-state index contributed by atoms with van der Waals surface area (Å²) in [5.41, 5.74) is 2.14. The van der Waals surface area contributed by atoms with Gasteiger partial charge in [0.1, 0.15) is 14.8 Å². The molecule has 0 bridgehead atoms. The zero-order chi connectivity index (χ0) is 23.8. The van der Waals surface area contributed by atoms with Crippen LogP contribution in [0.1, 0.15) is 53.7 Å². The Kier molecular flexibility index (Phi) is 7.28. The van der Waals surface area contributed by atoms with Gasteiger partial charge in [-0.1, -0.05) is 6.92 Å². The molecule has 0 unspecified atom stereocenters. The van der Waals surface area contributed by atoms with Crippen molar-refractivity contribution in [3.05, 3.63) is 22.3 Å². The maximum atomic E-state index is 13.5. The minimum absolute atomic E-state index is 0.0414. The molecule has 0 atom stereocenters. The molecule has 2 aliphatic rings. The van der Waals surface area contributed by atoms with Gasteiger partial charge in [-0.3, -0.25) is 4.79 Å².